The molecule has 102 valence electrons. The molecule has 1 atom stereocenters. The second-order valence-corrected chi connectivity index (χ2v) is 5.07. The van der Waals surface area contributed by atoms with E-state index in [-0.39, 0.29) is 11.8 Å². The highest BCUT2D eigenvalue weighted by Crippen LogP contribution is 2.28. The summed E-state index contributed by atoms with van der Waals surface area (Å²) in [6, 6.07) is 5.46. The Morgan fingerprint density at radius 3 is 2.89 bits per heavy atom. The highest BCUT2D eigenvalue weighted by atomic mass is 35.5. The number of hydrogen-bond donors (Lipinski definition) is 1. The molecule has 1 aliphatic rings. The normalized spacial score (nSPS) is 18.8. The second-order valence-electron chi connectivity index (χ2n) is 4.66. The van der Waals surface area contributed by atoms with Crippen LogP contribution in [0, 0.1) is 12.8 Å². The molecule has 2 amide bonds. The first-order chi connectivity index (χ1) is 9.04. The van der Waals surface area contributed by atoms with Gasteiger partial charge in [-0.2, -0.15) is 0 Å². The van der Waals surface area contributed by atoms with E-state index in [1.54, 1.807) is 11.0 Å². The molecule has 0 aliphatic carbocycles. The van der Waals surface area contributed by atoms with Crippen LogP contribution in [-0.2, 0) is 9.59 Å². The van der Waals surface area contributed by atoms with Crippen molar-refractivity contribution in [3.8, 4) is 0 Å². The van der Waals surface area contributed by atoms with Crippen LogP contribution < -0.4 is 10.2 Å². The van der Waals surface area contributed by atoms with E-state index in [4.69, 9.17) is 11.6 Å². The summed E-state index contributed by atoms with van der Waals surface area (Å²) in [5.74, 6) is -0.871. The van der Waals surface area contributed by atoms with Crippen LogP contribution in [0.3, 0.4) is 0 Å². The van der Waals surface area contributed by atoms with Crippen LogP contribution in [0.4, 0.5) is 5.69 Å². The second kappa shape index (κ2) is 5.61. The van der Waals surface area contributed by atoms with Crippen molar-refractivity contribution in [2.75, 3.05) is 18.0 Å². The summed E-state index contributed by atoms with van der Waals surface area (Å²) in [7, 11) is 0. The maximum Gasteiger partial charge on any atom is 0.239 e. The number of aryl methyl sites for hydroxylation is 1. The van der Waals surface area contributed by atoms with Gasteiger partial charge >= 0.3 is 0 Å². The van der Waals surface area contributed by atoms with Crippen LogP contribution in [0.1, 0.15) is 18.9 Å². The average Bonchev–Trinajstić information content (AvgIpc) is 2.75. The zero-order valence-electron chi connectivity index (χ0n) is 11.1. The van der Waals surface area contributed by atoms with E-state index in [0.717, 1.165) is 11.3 Å². The molecule has 1 aromatic carbocycles. The Kier molecular flexibility index (Phi) is 4.10. The van der Waals surface area contributed by atoms with Crippen molar-refractivity contribution in [3.05, 3.63) is 28.8 Å². The molecule has 0 saturated carbocycles. The smallest absolute Gasteiger partial charge is 0.239 e. The Morgan fingerprint density at radius 1 is 1.53 bits per heavy atom. The molecular formula is C14H17ClN2O2. The van der Waals surface area contributed by atoms with Crippen LogP contribution in [0.15, 0.2) is 18.2 Å². The lowest BCUT2D eigenvalue weighted by Gasteiger charge is -2.17. The zero-order valence-corrected chi connectivity index (χ0v) is 11.8. The van der Waals surface area contributed by atoms with Gasteiger partial charge in [0.15, 0.2) is 0 Å². The van der Waals surface area contributed by atoms with Gasteiger partial charge in [-0.25, -0.2) is 0 Å². The number of halogens is 1. The maximum absolute atomic E-state index is 12.3. The average molecular weight is 281 g/mol. The summed E-state index contributed by atoms with van der Waals surface area (Å²) in [5.41, 5.74) is 1.73. The van der Waals surface area contributed by atoms with Crippen LogP contribution >= 0.6 is 11.6 Å². The molecule has 5 heteroatoms. The van der Waals surface area contributed by atoms with Gasteiger partial charge in [-0.05, 0) is 44.0 Å². The van der Waals surface area contributed by atoms with Gasteiger partial charge in [0.25, 0.3) is 0 Å². The molecule has 1 N–H and O–H groups in total. The first kappa shape index (κ1) is 13.9. The van der Waals surface area contributed by atoms with Gasteiger partial charge < -0.3 is 10.2 Å². The number of benzene rings is 1. The van der Waals surface area contributed by atoms with E-state index in [2.05, 4.69) is 5.32 Å². The summed E-state index contributed by atoms with van der Waals surface area (Å²) in [4.78, 5) is 25.7. The molecule has 1 aromatic rings. The molecule has 0 aromatic heterocycles. The molecule has 19 heavy (non-hydrogen) atoms. The zero-order chi connectivity index (χ0) is 14.0. The molecule has 1 heterocycles. The van der Waals surface area contributed by atoms with E-state index < -0.39 is 5.92 Å². The van der Waals surface area contributed by atoms with Gasteiger partial charge in [0.1, 0.15) is 5.92 Å². The van der Waals surface area contributed by atoms with Crippen molar-refractivity contribution in [1.82, 2.24) is 5.32 Å². The van der Waals surface area contributed by atoms with Crippen molar-refractivity contribution in [2.24, 2.45) is 5.92 Å². The molecule has 1 saturated heterocycles. The Morgan fingerprint density at radius 2 is 2.26 bits per heavy atom. The third-order valence-electron chi connectivity index (χ3n) is 3.33. The first-order valence-electron chi connectivity index (χ1n) is 6.39. The third-order valence-corrected chi connectivity index (χ3v) is 3.75. The molecule has 1 fully saturated rings. The van der Waals surface area contributed by atoms with Crippen molar-refractivity contribution in [3.63, 3.8) is 0 Å². The number of amides is 2. The van der Waals surface area contributed by atoms with Crippen LogP contribution in [-0.4, -0.2) is 24.9 Å². The largest absolute Gasteiger partial charge is 0.356 e. The lowest BCUT2D eigenvalue weighted by molar-refractivity contribution is -0.132. The monoisotopic (exact) mass is 280 g/mol. The molecule has 0 spiro atoms. The van der Waals surface area contributed by atoms with Crippen molar-refractivity contribution < 1.29 is 9.59 Å². The van der Waals surface area contributed by atoms with Crippen LogP contribution in [0.25, 0.3) is 0 Å². The Hall–Kier alpha value is -1.55. The molecule has 1 aliphatic heterocycles. The molecule has 0 radical (unpaired) electrons. The fourth-order valence-electron chi connectivity index (χ4n) is 2.27. The number of carbonyl (C=O) groups excluding carboxylic acids is 2. The highest BCUT2D eigenvalue weighted by Gasteiger charge is 2.37. The quantitative estimate of drug-likeness (QED) is 0.863. The summed E-state index contributed by atoms with van der Waals surface area (Å²) < 4.78 is 0. The number of rotatable bonds is 3. The molecular weight excluding hydrogens is 264 g/mol. The third kappa shape index (κ3) is 2.73. The minimum Gasteiger partial charge on any atom is -0.356 e. The summed E-state index contributed by atoms with van der Waals surface area (Å²) in [5, 5.41) is 3.38. The van der Waals surface area contributed by atoms with E-state index in [0.29, 0.717) is 24.5 Å². The first-order valence-corrected chi connectivity index (χ1v) is 6.77. The lowest BCUT2D eigenvalue weighted by atomic mass is 10.1. The maximum atomic E-state index is 12.3. The topological polar surface area (TPSA) is 49.4 Å². The van der Waals surface area contributed by atoms with Crippen molar-refractivity contribution >= 4 is 29.1 Å². The van der Waals surface area contributed by atoms with E-state index >= 15 is 0 Å². The van der Waals surface area contributed by atoms with E-state index in [1.807, 2.05) is 26.0 Å². The number of carbonyl (C=O) groups is 2. The fraction of sp³-hybridized carbons (Fsp3) is 0.429. The molecule has 2 rings (SSSR count). The number of nitrogens with zero attached hydrogens (tertiary/aromatic N) is 1. The predicted octanol–water partition coefficient (Wildman–Crippen LogP) is 2.14. The number of anilines is 1. The molecule has 4 nitrogen and oxygen atoms in total. The van der Waals surface area contributed by atoms with Gasteiger partial charge in [-0.3, -0.25) is 9.59 Å². The summed E-state index contributed by atoms with van der Waals surface area (Å²) in [6.45, 7) is 4.86. The van der Waals surface area contributed by atoms with Gasteiger partial charge in [0.2, 0.25) is 11.8 Å². The number of hydrogen-bond acceptors (Lipinski definition) is 2. The van der Waals surface area contributed by atoms with Crippen LogP contribution in [0.2, 0.25) is 5.02 Å². The lowest BCUT2D eigenvalue weighted by Crippen LogP contribution is -2.36. The Labute approximate surface area is 117 Å². The minimum atomic E-state index is -0.559. The highest BCUT2D eigenvalue weighted by molar-refractivity contribution is 6.31. The SMILES string of the molecule is CCNC(=O)C1CCN(c2ccc(Cl)c(C)c2)C1=O. The summed E-state index contributed by atoms with van der Waals surface area (Å²) >= 11 is 5.98. The molecule has 0 bridgehead atoms. The van der Waals surface area contributed by atoms with Gasteiger partial charge in [0, 0.05) is 23.8 Å². The van der Waals surface area contributed by atoms with Crippen molar-refractivity contribution in [2.45, 2.75) is 20.3 Å². The predicted molar refractivity (Wildman–Crippen MR) is 75.3 cm³/mol. The van der Waals surface area contributed by atoms with E-state index in [1.165, 1.54) is 0 Å². The van der Waals surface area contributed by atoms with Gasteiger partial charge in [-0.15, -0.1) is 0 Å². The fourth-order valence-corrected chi connectivity index (χ4v) is 2.39. The minimum absolute atomic E-state index is 0.132. The Balaban J connectivity index is 2.17. The van der Waals surface area contributed by atoms with Crippen molar-refractivity contribution in [1.29, 1.82) is 0 Å². The Bertz CT molecular complexity index is 516. The van der Waals surface area contributed by atoms with Gasteiger partial charge in [0.05, 0.1) is 0 Å². The summed E-state index contributed by atoms with van der Waals surface area (Å²) in [6.07, 6.45) is 0.562. The van der Waals surface area contributed by atoms with Crippen LogP contribution in [0.5, 0.6) is 0 Å². The molecule has 1 unspecified atom stereocenters. The standard InChI is InChI=1S/C14H17ClN2O2/c1-3-16-13(18)11-6-7-17(14(11)19)10-4-5-12(15)9(2)8-10/h4-5,8,11H,3,6-7H2,1-2H3,(H,16,18). The van der Waals surface area contributed by atoms with E-state index in [9.17, 15) is 9.59 Å². The number of nitrogens with one attached hydrogen (secondary N) is 1. The van der Waals surface area contributed by atoms with Gasteiger partial charge in [-0.1, -0.05) is 11.6 Å².